The van der Waals surface area contributed by atoms with Gasteiger partial charge < -0.3 is 15.5 Å². The molecule has 0 fully saturated rings. The van der Waals surface area contributed by atoms with E-state index in [2.05, 4.69) is 10.4 Å². The molecule has 29 heavy (non-hydrogen) atoms. The largest absolute Gasteiger partial charge is 0.493 e. The Kier molecular flexibility index (Phi) is 5.79. The molecule has 150 valence electrons. The molecule has 1 atom stereocenters. The number of benzene rings is 2. The first-order valence-corrected chi connectivity index (χ1v) is 8.66. The molecular formula is C19H14ClF2N3O4. The smallest absolute Gasteiger partial charge is 0.305 e. The van der Waals surface area contributed by atoms with Crippen molar-refractivity contribution in [2.45, 2.75) is 12.5 Å². The third-order valence-corrected chi connectivity index (χ3v) is 4.34. The number of halogens is 3. The van der Waals surface area contributed by atoms with Crippen molar-refractivity contribution in [3.63, 3.8) is 0 Å². The third-order valence-electron chi connectivity index (χ3n) is 4.04. The minimum atomic E-state index is -1.28. The molecule has 0 radical (unpaired) electrons. The second kappa shape index (κ2) is 8.27. The van der Waals surface area contributed by atoms with E-state index < -0.39 is 41.9 Å². The zero-order valence-electron chi connectivity index (χ0n) is 14.6. The number of carbonyl (C=O) groups is 2. The molecule has 0 saturated carbocycles. The van der Waals surface area contributed by atoms with Crippen molar-refractivity contribution < 1.29 is 28.6 Å². The maximum absolute atomic E-state index is 14.3. The van der Waals surface area contributed by atoms with Gasteiger partial charge in [0.2, 0.25) is 5.88 Å². The predicted octanol–water partition coefficient (Wildman–Crippen LogP) is 3.46. The van der Waals surface area contributed by atoms with Gasteiger partial charge in [-0.2, -0.15) is 9.78 Å². The first-order valence-electron chi connectivity index (χ1n) is 8.28. The van der Waals surface area contributed by atoms with Gasteiger partial charge in [-0.1, -0.05) is 35.9 Å². The van der Waals surface area contributed by atoms with Crippen LogP contribution < -0.4 is 5.32 Å². The van der Waals surface area contributed by atoms with Gasteiger partial charge in [0.15, 0.2) is 5.69 Å². The van der Waals surface area contributed by atoms with Crippen molar-refractivity contribution in [1.82, 2.24) is 15.1 Å². The fourth-order valence-corrected chi connectivity index (χ4v) is 2.90. The Balaban J connectivity index is 1.91. The molecule has 3 rings (SSSR count). The van der Waals surface area contributed by atoms with E-state index in [9.17, 15) is 23.5 Å². The number of aromatic nitrogens is 2. The first-order chi connectivity index (χ1) is 13.8. The number of carboxylic acids is 1. The average Bonchev–Trinajstić information content (AvgIpc) is 3.05. The highest BCUT2D eigenvalue weighted by Crippen LogP contribution is 2.26. The fraction of sp³-hybridized carbons (Fsp3) is 0.105. The molecule has 3 N–H and O–H groups in total. The standard InChI is InChI=1S/C19H14ClF2N3O4/c20-11-5-3-4-10(18(11)22)13(9-17(27)28)23-19(29)14-8-16(26)25(24-14)15-7-2-1-6-12(15)21/h1-8,13,26H,9H2,(H,23,29)(H,27,28). The van der Waals surface area contributed by atoms with Crippen LogP contribution in [0.5, 0.6) is 5.88 Å². The quantitative estimate of drug-likeness (QED) is 0.565. The number of aromatic hydroxyl groups is 1. The number of carboxylic acid groups (broad SMARTS) is 1. The molecule has 1 aromatic heterocycles. The van der Waals surface area contributed by atoms with E-state index in [0.717, 1.165) is 16.8 Å². The highest BCUT2D eigenvalue weighted by atomic mass is 35.5. The highest BCUT2D eigenvalue weighted by Gasteiger charge is 2.25. The number of rotatable bonds is 6. The number of aliphatic carboxylic acids is 1. The molecule has 0 bridgehead atoms. The molecule has 10 heteroatoms. The van der Waals surface area contributed by atoms with Crippen LogP contribution in [0.2, 0.25) is 5.02 Å². The summed E-state index contributed by atoms with van der Waals surface area (Å²) in [4.78, 5) is 23.7. The Morgan fingerprint density at radius 2 is 1.90 bits per heavy atom. The van der Waals surface area contributed by atoms with Gasteiger partial charge in [0, 0.05) is 11.6 Å². The van der Waals surface area contributed by atoms with E-state index in [1.54, 1.807) is 0 Å². The van der Waals surface area contributed by atoms with Gasteiger partial charge in [-0.3, -0.25) is 9.59 Å². The maximum Gasteiger partial charge on any atom is 0.305 e. The van der Waals surface area contributed by atoms with Crippen LogP contribution in [-0.4, -0.2) is 31.9 Å². The maximum atomic E-state index is 14.3. The molecule has 1 amide bonds. The van der Waals surface area contributed by atoms with Crippen LogP contribution in [-0.2, 0) is 4.79 Å². The van der Waals surface area contributed by atoms with E-state index in [4.69, 9.17) is 16.7 Å². The van der Waals surface area contributed by atoms with Crippen LogP contribution >= 0.6 is 11.6 Å². The fourth-order valence-electron chi connectivity index (χ4n) is 2.72. The normalized spacial score (nSPS) is 11.8. The summed E-state index contributed by atoms with van der Waals surface area (Å²) >= 11 is 5.74. The molecule has 2 aromatic carbocycles. The van der Waals surface area contributed by atoms with Crippen molar-refractivity contribution in [2.75, 3.05) is 0 Å². The summed E-state index contributed by atoms with van der Waals surface area (Å²) in [7, 11) is 0. The lowest BCUT2D eigenvalue weighted by atomic mass is 10.0. The lowest BCUT2D eigenvalue weighted by molar-refractivity contribution is -0.137. The first kappa shape index (κ1) is 20.3. The van der Waals surface area contributed by atoms with E-state index >= 15 is 0 Å². The number of nitrogens with one attached hydrogen (secondary N) is 1. The topological polar surface area (TPSA) is 104 Å². The number of hydrogen-bond donors (Lipinski definition) is 3. The van der Waals surface area contributed by atoms with E-state index in [1.165, 1.54) is 36.4 Å². The van der Waals surface area contributed by atoms with Crippen molar-refractivity contribution in [1.29, 1.82) is 0 Å². The second-order valence-electron chi connectivity index (χ2n) is 6.02. The average molecular weight is 422 g/mol. The Morgan fingerprint density at radius 3 is 2.59 bits per heavy atom. The minimum Gasteiger partial charge on any atom is -0.493 e. The zero-order valence-corrected chi connectivity index (χ0v) is 15.4. The van der Waals surface area contributed by atoms with Crippen molar-refractivity contribution >= 4 is 23.5 Å². The van der Waals surface area contributed by atoms with E-state index in [1.807, 2.05) is 0 Å². The van der Waals surface area contributed by atoms with Crippen molar-refractivity contribution in [3.8, 4) is 11.6 Å². The SMILES string of the molecule is O=C(O)CC(NC(=O)c1cc(O)n(-c2ccccc2F)n1)c1cccc(Cl)c1F. The molecule has 3 aromatic rings. The Hall–Kier alpha value is -3.46. The molecule has 0 aliphatic rings. The number of para-hydroxylation sites is 1. The zero-order chi connectivity index (χ0) is 21.1. The predicted molar refractivity (Wildman–Crippen MR) is 99.1 cm³/mol. The molecule has 0 aliphatic heterocycles. The van der Waals surface area contributed by atoms with Gasteiger partial charge in [0.1, 0.15) is 17.3 Å². The summed E-state index contributed by atoms with van der Waals surface area (Å²) in [6, 6.07) is 9.19. The Labute approximate surface area is 168 Å². The van der Waals surface area contributed by atoms with Crippen molar-refractivity contribution in [3.05, 3.63) is 76.4 Å². The summed E-state index contributed by atoms with van der Waals surface area (Å²) in [5, 5.41) is 25.1. The summed E-state index contributed by atoms with van der Waals surface area (Å²) in [6.45, 7) is 0. The van der Waals surface area contributed by atoms with Gasteiger partial charge in [-0.15, -0.1) is 0 Å². The molecule has 1 heterocycles. The lowest BCUT2D eigenvalue weighted by Gasteiger charge is -2.18. The summed E-state index contributed by atoms with van der Waals surface area (Å²) in [5.74, 6) is -4.22. The molecule has 0 spiro atoms. The number of amides is 1. The number of hydrogen-bond acceptors (Lipinski definition) is 4. The van der Waals surface area contributed by atoms with E-state index in [-0.39, 0.29) is 22.0 Å². The van der Waals surface area contributed by atoms with Crippen LogP contribution in [0.4, 0.5) is 8.78 Å². The summed E-state index contributed by atoms with van der Waals surface area (Å²) < 4.78 is 29.1. The van der Waals surface area contributed by atoms with Gasteiger partial charge in [-0.25, -0.2) is 8.78 Å². The van der Waals surface area contributed by atoms with Crippen LogP contribution in [0.3, 0.4) is 0 Å². The van der Waals surface area contributed by atoms with Crippen LogP contribution in [0.1, 0.15) is 28.5 Å². The van der Waals surface area contributed by atoms with Gasteiger partial charge in [0.05, 0.1) is 17.5 Å². The molecule has 7 nitrogen and oxygen atoms in total. The van der Waals surface area contributed by atoms with Crippen LogP contribution in [0.15, 0.2) is 48.5 Å². The van der Waals surface area contributed by atoms with Crippen LogP contribution in [0.25, 0.3) is 5.69 Å². The molecule has 1 unspecified atom stereocenters. The van der Waals surface area contributed by atoms with E-state index in [0.29, 0.717) is 0 Å². The molecular weight excluding hydrogens is 408 g/mol. The third kappa shape index (κ3) is 4.35. The molecule has 0 aliphatic carbocycles. The Bertz CT molecular complexity index is 1090. The monoisotopic (exact) mass is 421 g/mol. The number of carbonyl (C=O) groups excluding carboxylic acids is 1. The van der Waals surface area contributed by atoms with Crippen molar-refractivity contribution in [2.24, 2.45) is 0 Å². The van der Waals surface area contributed by atoms with Gasteiger partial charge >= 0.3 is 5.97 Å². The summed E-state index contributed by atoms with van der Waals surface area (Å²) in [5.41, 5.74) is -0.526. The second-order valence-corrected chi connectivity index (χ2v) is 6.43. The minimum absolute atomic E-state index is 0.0907. The summed E-state index contributed by atoms with van der Waals surface area (Å²) in [6.07, 6.45) is -0.622. The van der Waals surface area contributed by atoms with Gasteiger partial charge in [0.25, 0.3) is 5.91 Å². The highest BCUT2D eigenvalue weighted by molar-refractivity contribution is 6.30. The Morgan fingerprint density at radius 1 is 1.17 bits per heavy atom. The molecule has 0 saturated heterocycles. The van der Waals surface area contributed by atoms with Crippen LogP contribution in [0, 0.1) is 11.6 Å². The van der Waals surface area contributed by atoms with Gasteiger partial charge in [-0.05, 0) is 18.2 Å². The number of nitrogens with zero attached hydrogens (tertiary/aromatic N) is 2. The lowest BCUT2D eigenvalue weighted by Crippen LogP contribution is -2.31.